The van der Waals surface area contributed by atoms with Crippen LogP contribution in [0.4, 0.5) is 8.78 Å². The summed E-state index contributed by atoms with van der Waals surface area (Å²) in [5.41, 5.74) is 4.43. The molecule has 3 rings (SSSR count). The van der Waals surface area contributed by atoms with E-state index >= 15 is 0 Å². The first-order valence-corrected chi connectivity index (χ1v) is 7.56. The molecule has 7 nitrogen and oxygen atoms in total. The van der Waals surface area contributed by atoms with Gasteiger partial charge in [0.1, 0.15) is 12.4 Å². The molecule has 0 radical (unpaired) electrons. The van der Waals surface area contributed by atoms with E-state index in [1.807, 2.05) is 0 Å². The average Bonchev–Trinajstić information content (AvgIpc) is 2.65. The van der Waals surface area contributed by atoms with Gasteiger partial charge in [-0.3, -0.25) is 20.4 Å². The first kappa shape index (κ1) is 17.5. The molecular weight excluding hydrogens is 350 g/mol. The third-order valence-electron chi connectivity index (χ3n) is 3.42. The van der Waals surface area contributed by atoms with E-state index in [0.29, 0.717) is 11.5 Å². The molecule has 0 saturated heterocycles. The number of hydrazine groups is 1. The number of hydrogen-bond donors (Lipinski definition) is 2. The molecule has 0 unspecified atom stereocenters. The summed E-state index contributed by atoms with van der Waals surface area (Å²) in [6.45, 7) is -3.02. The number of benzene rings is 2. The smallest absolute Gasteiger partial charge is 0.387 e. The molecule has 136 valence electrons. The SMILES string of the molecule is O=C(NNC(=O)[C@H]1COc2ccccc2O1)c1cccc(OC(F)F)c1. The highest BCUT2D eigenvalue weighted by Crippen LogP contribution is 2.30. The first-order valence-electron chi connectivity index (χ1n) is 7.56. The molecule has 0 saturated carbocycles. The number of carbonyl (C=O) groups excluding carboxylic acids is 2. The van der Waals surface area contributed by atoms with Gasteiger partial charge in [-0.2, -0.15) is 8.78 Å². The van der Waals surface area contributed by atoms with Crippen LogP contribution in [0.25, 0.3) is 0 Å². The molecule has 1 aliphatic heterocycles. The largest absolute Gasteiger partial charge is 0.485 e. The van der Waals surface area contributed by atoms with Gasteiger partial charge in [0, 0.05) is 5.56 Å². The number of halogens is 2. The van der Waals surface area contributed by atoms with Gasteiger partial charge >= 0.3 is 6.61 Å². The van der Waals surface area contributed by atoms with Gasteiger partial charge in [-0.05, 0) is 30.3 Å². The Morgan fingerprint density at radius 2 is 1.85 bits per heavy atom. The minimum absolute atomic E-state index is 0.0174. The molecule has 1 atom stereocenters. The molecule has 9 heteroatoms. The Bertz CT molecular complexity index is 815. The number of hydrogen-bond acceptors (Lipinski definition) is 5. The molecule has 2 aromatic carbocycles. The van der Waals surface area contributed by atoms with E-state index in [2.05, 4.69) is 15.6 Å². The van der Waals surface area contributed by atoms with Crippen LogP contribution in [0.15, 0.2) is 48.5 Å². The van der Waals surface area contributed by atoms with Crippen LogP contribution in [0.3, 0.4) is 0 Å². The van der Waals surface area contributed by atoms with Crippen molar-refractivity contribution in [2.45, 2.75) is 12.7 Å². The van der Waals surface area contributed by atoms with Crippen molar-refractivity contribution < 1.29 is 32.6 Å². The van der Waals surface area contributed by atoms with Gasteiger partial charge in [0.15, 0.2) is 11.5 Å². The monoisotopic (exact) mass is 364 g/mol. The van der Waals surface area contributed by atoms with E-state index in [1.165, 1.54) is 18.2 Å². The Hall–Kier alpha value is -3.36. The van der Waals surface area contributed by atoms with Gasteiger partial charge < -0.3 is 14.2 Å². The first-order chi connectivity index (χ1) is 12.5. The maximum absolute atomic E-state index is 12.2. The zero-order chi connectivity index (χ0) is 18.5. The summed E-state index contributed by atoms with van der Waals surface area (Å²) in [5, 5.41) is 0. The quantitative estimate of drug-likeness (QED) is 0.810. The maximum Gasteiger partial charge on any atom is 0.387 e. The number of alkyl halides is 2. The number of nitrogens with one attached hydrogen (secondary N) is 2. The fraction of sp³-hybridized carbons (Fsp3) is 0.176. The lowest BCUT2D eigenvalue weighted by molar-refractivity contribution is -0.131. The van der Waals surface area contributed by atoms with E-state index in [1.54, 1.807) is 24.3 Å². The van der Waals surface area contributed by atoms with Crippen LogP contribution < -0.4 is 25.1 Å². The standard InChI is InChI=1S/C17H14F2N2O5/c18-17(19)25-11-5-3-4-10(8-11)15(22)20-21-16(23)14-9-24-12-6-1-2-7-13(12)26-14/h1-8,14,17H,9H2,(H,20,22)(H,21,23)/t14-/m1/s1. The summed E-state index contributed by atoms with van der Waals surface area (Å²) in [6, 6.07) is 12.0. The van der Waals surface area contributed by atoms with Crippen LogP contribution >= 0.6 is 0 Å². The number of para-hydroxylation sites is 2. The average molecular weight is 364 g/mol. The third-order valence-corrected chi connectivity index (χ3v) is 3.42. The highest BCUT2D eigenvalue weighted by atomic mass is 19.3. The minimum Gasteiger partial charge on any atom is -0.485 e. The molecule has 2 N–H and O–H groups in total. The van der Waals surface area contributed by atoms with E-state index in [0.717, 1.165) is 6.07 Å². The summed E-state index contributed by atoms with van der Waals surface area (Å²) in [6.07, 6.45) is -0.946. The molecular formula is C17H14F2N2O5. The summed E-state index contributed by atoms with van der Waals surface area (Å²) >= 11 is 0. The van der Waals surface area contributed by atoms with Gasteiger partial charge in [-0.15, -0.1) is 0 Å². The predicted octanol–water partition coefficient (Wildman–Crippen LogP) is 1.89. The van der Waals surface area contributed by atoms with Gasteiger partial charge in [0.05, 0.1) is 0 Å². The third kappa shape index (κ3) is 4.18. The van der Waals surface area contributed by atoms with Crippen LogP contribution in [-0.2, 0) is 4.79 Å². The second-order valence-electron chi connectivity index (χ2n) is 5.21. The van der Waals surface area contributed by atoms with Crippen molar-refractivity contribution in [2.75, 3.05) is 6.61 Å². The van der Waals surface area contributed by atoms with Crippen molar-refractivity contribution in [1.29, 1.82) is 0 Å². The summed E-state index contributed by atoms with van der Waals surface area (Å²) < 4.78 is 39.6. The molecule has 0 bridgehead atoms. The Morgan fingerprint density at radius 3 is 2.62 bits per heavy atom. The second-order valence-corrected chi connectivity index (χ2v) is 5.21. The highest BCUT2D eigenvalue weighted by molar-refractivity contribution is 5.96. The number of amides is 2. The lowest BCUT2D eigenvalue weighted by atomic mass is 10.2. The molecule has 2 aromatic rings. The topological polar surface area (TPSA) is 85.9 Å². The summed E-state index contributed by atoms with van der Waals surface area (Å²) in [7, 11) is 0. The van der Waals surface area contributed by atoms with Crippen molar-refractivity contribution >= 4 is 11.8 Å². The van der Waals surface area contributed by atoms with Gasteiger partial charge in [-0.1, -0.05) is 18.2 Å². The maximum atomic E-state index is 12.2. The van der Waals surface area contributed by atoms with E-state index in [-0.39, 0.29) is 17.9 Å². The minimum atomic E-state index is -3.00. The Kier molecular flexibility index (Phi) is 5.16. The van der Waals surface area contributed by atoms with Crippen LogP contribution in [0.1, 0.15) is 10.4 Å². The molecule has 1 aliphatic rings. The Balaban J connectivity index is 1.56. The van der Waals surface area contributed by atoms with E-state index in [4.69, 9.17) is 9.47 Å². The van der Waals surface area contributed by atoms with Crippen molar-refractivity contribution in [2.24, 2.45) is 0 Å². The highest BCUT2D eigenvalue weighted by Gasteiger charge is 2.27. The number of rotatable bonds is 4. The Labute approximate surface area is 146 Å². The van der Waals surface area contributed by atoms with Crippen LogP contribution in [0.2, 0.25) is 0 Å². The predicted molar refractivity (Wildman–Crippen MR) is 85.0 cm³/mol. The normalized spacial score (nSPS) is 15.3. The molecule has 2 amide bonds. The van der Waals surface area contributed by atoms with Crippen LogP contribution in [-0.4, -0.2) is 31.1 Å². The van der Waals surface area contributed by atoms with Crippen LogP contribution in [0, 0.1) is 0 Å². The number of carbonyl (C=O) groups is 2. The molecule has 26 heavy (non-hydrogen) atoms. The van der Waals surface area contributed by atoms with Crippen molar-refractivity contribution in [3.05, 3.63) is 54.1 Å². The summed E-state index contributed by atoms with van der Waals surface area (Å²) in [4.78, 5) is 24.1. The van der Waals surface area contributed by atoms with Gasteiger partial charge in [0.25, 0.3) is 11.8 Å². The van der Waals surface area contributed by atoms with Gasteiger partial charge in [-0.25, -0.2) is 0 Å². The lowest BCUT2D eigenvalue weighted by Crippen LogP contribution is -2.50. The molecule has 0 spiro atoms. The van der Waals surface area contributed by atoms with Crippen LogP contribution in [0.5, 0.6) is 17.2 Å². The van der Waals surface area contributed by atoms with Gasteiger partial charge in [0.2, 0.25) is 6.10 Å². The summed E-state index contributed by atoms with van der Waals surface area (Å²) in [5.74, 6) is -0.541. The Morgan fingerprint density at radius 1 is 1.08 bits per heavy atom. The fourth-order valence-corrected chi connectivity index (χ4v) is 2.23. The zero-order valence-corrected chi connectivity index (χ0v) is 13.3. The number of ether oxygens (including phenoxy) is 3. The van der Waals surface area contributed by atoms with Crippen molar-refractivity contribution in [3.63, 3.8) is 0 Å². The van der Waals surface area contributed by atoms with E-state index < -0.39 is 24.5 Å². The molecule has 0 aromatic heterocycles. The lowest BCUT2D eigenvalue weighted by Gasteiger charge is -2.25. The second kappa shape index (κ2) is 7.68. The zero-order valence-electron chi connectivity index (χ0n) is 13.3. The molecule has 0 fully saturated rings. The number of fused-ring (bicyclic) bond motifs is 1. The fourth-order valence-electron chi connectivity index (χ4n) is 2.23. The molecule has 1 heterocycles. The van der Waals surface area contributed by atoms with Crippen molar-refractivity contribution in [3.8, 4) is 17.2 Å². The molecule has 0 aliphatic carbocycles. The van der Waals surface area contributed by atoms with Crippen molar-refractivity contribution in [1.82, 2.24) is 10.9 Å². The van der Waals surface area contributed by atoms with E-state index in [9.17, 15) is 18.4 Å².